The van der Waals surface area contributed by atoms with Crippen LogP contribution in [-0.4, -0.2) is 45.5 Å². The molecule has 1 heterocycles. The Kier molecular flexibility index (Phi) is 10.8. The van der Waals surface area contributed by atoms with Gasteiger partial charge in [0.15, 0.2) is 11.5 Å². The highest BCUT2D eigenvalue weighted by atomic mass is 16.6. The first kappa shape index (κ1) is 26.8. The van der Waals surface area contributed by atoms with Crippen molar-refractivity contribution in [2.75, 3.05) is 27.4 Å². The van der Waals surface area contributed by atoms with Crippen LogP contribution in [0.4, 0.5) is 0 Å². The van der Waals surface area contributed by atoms with Crippen molar-refractivity contribution in [2.45, 2.75) is 65.5 Å². The number of benzene rings is 1. The van der Waals surface area contributed by atoms with E-state index in [1.807, 2.05) is 32.0 Å². The van der Waals surface area contributed by atoms with E-state index < -0.39 is 0 Å². The average Bonchev–Trinajstić information content (AvgIpc) is 3.17. The van der Waals surface area contributed by atoms with Gasteiger partial charge in [0.2, 0.25) is 0 Å². The van der Waals surface area contributed by atoms with Crippen LogP contribution in [0.1, 0.15) is 52.5 Å². The number of methoxy groups -OCH3 is 2. The van der Waals surface area contributed by atoms with Crippen molar-refractivity contribution in [2.24, 2.45) is 28.8 Å². The summed E-state index contributed by atoms with van der Waals surface area (Å²) in [6.45, 7) is 9.56. The number of carbonyl (C=O) groups is 1. The summed E-state index contributed by atoms with van der Waals surface area (Å²) in [5.74, 6) is 1.89. The van der Waals surface area contributed by atoms with Gasteiger partial charge in [-0.05, 0) is 60.2 Å². The molecule has 0 radical (unpaired) electrons. The number of ether oxygens (including phenoxy) is 4. The molecule has 33 heavy (non-hydrogen) atoms. The number of carbonyl (C=O) groups excluding carboxylic acids is 1. The van der Waals surface area contributed by atoms with Crippen LogP contribution in [-0.2, 0) is 20.7 Å². The normalized spacial score (nSPS) is 19.8. The van der Waals surface area contributed by atoms with Gasteiger partial charge in [0.1, 0.15) is 6.10 Å². The Labute approximate surface area is 197 Å². The summed E-state index contributed by atoms with van der Waals surface area (Å²) < 4.78 is 22.1. The second kappa shape index (κ2) is 13.3. The molecule has 8 nitrogen and oxygen atoms in total. The van der Waals surface area contributed by atoms with Gasteiger partial charge in [0.05, 0.1) is 25.7 Å². The molecule has 8 heteroatoms. The minimum Gasteiger partial charge on any atom is -0.493 e. The van der Waals surface area contributed by atoms with Crippen LogP contribution >= 0.6 is 0 Å². The van der Waals surface area contributed by atoms with Crippen LogP contribution in [0.2, 0.25) is 0 Å². The largest absolute Gasteiger partial charge is 0.493 e. The van der Waals surface area contributed by atoms with Crippen molar-refractivity contribution >= 4 is 5.97 Å². The fraction of sp³-hybridized carbons (Fsp3) is 0.720. The van der Waals surface area contributed by atoms with E-state index in [-0.39, 0.29) is 35.9 Å². The summed E-state index contributed by atoms with van der Waals surface area (Å²) in [6.07, 6.45) is 2.48. The zero-order valence-corrected chi connectivity index (χ0v) is 20.8. The minimum absolute atomic E-state index is 0.136. The monoisotopic (exact) mass is 461 g/mol. The highest BCUT2D eigenvalue weighted by Gasteiger charge is 2.40. The molecule has 0 bridgehead atoms. The predicted molar refractivity (Wildman–Crippen MR) is 127 cm³/mol. The van der Waals surface area contributed by atoms with Gasteiger partial charge in [0.25, 0.3) is 0 Å². The Balaban J connectivity index is 2.14. The van der Waals surface area contributed by atoms with E-state index in [0.717, 1.165) is 18.4 Å². The molecule has 0 saturated carbocycles. The molecule has 0 aliphatic carbocycles. The molecule has 1 aliphatic heterocycles. The van der Waals surface area contributed by atoms with E-state index in [9.17, 15) is 10.3 Å². The topological polar surface area (TPSA) is 103 Å². The van der Waals surface area contributed by atoms with Crippen LogP contribution < -0.4 is 9.47 Å². The summed E-state index contributed by atoms with van der Waals surface area (Å²) >= 11 is 0. The van der Waals surface area contributed by atoms with Crippen molar-refractivity contribution < 1.29 is 23.7 Å². The molecule has 1 aromatic carbocycles. The van der Waals surface area contributed by atoms with Gasteiger partial charge in [-0.1, -0.05) is 38.9 Å². The van der Waals surface area contributed by atoms with Crippen molar-refractivity contribution in [3.8, 4) is 11.5 Å². The van der Waals surface area contributed by atoms with Crippen LogP contribution in [0.3, 0.4) is 0 Å². The van der Waals surface area contributed by atoms with Crippen LogP contribution in [0, 0.1) is 23.7 Å². The van der Waals surface area contributed by atoms with Crippen molar-refractivity contribution in [1.29, 1.82) is 0 Å². The zero-order chi connectivity index (χ0) is 24.4. The molecule has 0 N–H and O–H groups in total. The first-order chi connectivity index (χ1) is 15.8. The maximum absolute atomic E-state index is 12.3. The number of nitrogens with zero attached hydrogens (tertiary/aromatic N) is 3. The smallest absolute Gasteiger partial charge is 0.309 e. The van der Waals surface area contributed by atoms with Crippen LogP contribution in [0.15, 0.2) is 23.3 Å². The predicted octanol–water partition coefficient (Wildman–Crippen LogP) is 5.58. The summed E-state index contributed by atoms with van der Waals surface area (Å²) in [5.41, 5.74) is 10.3. The van der Waals surface area contributed by atoms with Gasteiger partial charge in [-0.2, -0.15) is 0 Å². The number of esters is 1. The number of rotatable bonds is 14. The van der Waals surface area contributed by atoms with Gasteiger partial charge in [-0.25, -0.2) is 0 Å². The molecule has 0 aromatic heterocycles. The maximum atomic E-state index is 12.3. The highest BCUT2D eigenvalue weighted by molar-refractivity contribution is 5.75. The summed E-state index contributed by atoms with van der Waals surface area (Å²) in [5, 5.41) is 4.05. The van der Waals surface area contributed by atoms with Crippen molar-refractivity contribution in [3.63, 3.8) is 0 Å². The van der Waals surface area contributed by atoms with Gasteiger partial charge >= 0.3 is 5.97 Å². The molecule has 1 unspecified atom stereocenters. The lowest BCUT2D eigenvalue weighted by Crippen LogP contribution is -2.29. The van der Waals surface area contributed by atoms with Gasteiger partial charge in [-0.15, -0.1) is 0 Å². The van der Waals surface area contributed by atoms with E-state index in [1.165, 1.54) is 0 Å². The molecule has 0 amide bonds. The zero-order valence-electron chi connectivity index (χ0n) is 20.8. The third-order valence-electron chi connectivity index (χ3n) is 6.45. The fourth-order valence-corrected chi connectivity index (χ4v) is 4.30. The van der Waals surface area contributed by atoms with E-state index in [1.54, 1.807) is 14.2 Å². The minimum atomic E-state index is -0.377. The standard InChI is InChI=1S/C25H39N3O5/c1-16(2)19(14-21(27-28-26)23-15-20(17(3)4)25(29)33-23)12-18-8-9-22(31-6)24(13-18)32-11-7-10-30-5/h8-9,13,16-17,19-21,23H,7,10-12,14-15H2,1-6H3/t19-,20-,21-,23?/m0/s1. The summed E-state index contributed by atoms with van der Waals surface area (Å²) in [7, 11) is 3.30. The first-order valence-corrected chi connectivity index (χ1v) is 11.8. The van der Waals surface area contributed by atoms with Gasteiger partial charge in [0, 0.05) is 25.0 Å². The summed E-state index contributed by atoms with van der Waals surface area (Å²) in [4.78, 5) is 15.3. The lowest BCUT2D eigenvalue weighted by molar-refractivity contribution is -0.145. The maximum Gasteiger partial charge on any atom is 0.309 e. The Morgan fingerprint density at radius 3 is 2.52 bits per heavy atom. The Hall–Kier alpha value is -2.44. The SMILES string of the molecule is COCCCOc1cc(C[C@@H](C[C@H](N=[N+]=[N-])C2C[C@@H](C(C)C)C(=O)O2)C(C)C)ccc1OC. The second-order valence-electron chi connectivity index (χ2n) is 9.46. The molecule has 1 saturated heterocycles. The van der Waals surface area contributed by atoms with Gasteiger partial charge < -0.3 is 18.9 Å². The molecule has 184 valence electrons. The number of cyclic esters (lactones) is 1. The molecule has 2 rings (SSSR count). The number of azide groups is 1. The molecule has 1 aliphatic rings. The molecular formula is C25H39N3O5. The Bertz CT molecular complexity index is 807. The van der Waals surface area contributed by atoms with E-state index in [2.05, 4.69) is 23.9 Å². The van der Waals surface area contributed by atoms with E-state index in [4.69, 9.17) is 18.9 Å². The molecule has 4 atom stereocenters. The third kappa shape index (κ3) is 7.83. The van der Waals surface area contributed by atoms with Crippen molar-refractivity contribution in [1.82, 2.24) is 0 Å². The lowest BCUT2D eigenvalue weighted by Gasteiger charge is -2.27. The Morgan fingerprint density at radius 2 is 1.94 bits per heavy atom. The van der Waals surface area contributed by atoms with Crippen LogP contribution in [0.5, 0.6) is 11.5 Å². The third-order valence-corrected chi connectivity index (χ3v) is 6.45. The van der Waals surface area contributed by atoms with Gasteiger partial charge in [-0.3, -0.25) is 4.79 Å². The first-order valence-electron chi connectivity index (χ1n) is 11.8. The molecule has 1 fully saturated rings. The fourth-order valence-electron chi connectivity index (χ4n) is 4.30. The highest BCUT2D eigenvalue weighted by Crippen LogP contribution is 2.35. The van der Waals surface area contributed by atoms with E-state index in [0.29, 0.717) is 43.5 Å². The van der Waals surface area contributed by atoms with E-state index >= 15 is 0 Å². The molecule has 0 spiro atoms. The Morgan fingerprint density at radius 1 is 1.18 bits per heavy atom. The average molecular weight is 462 g/mol. The quantitative estimate of drug-likeness (QED) is 0.118. The number of hydrogen-bond donors (Lipinski definition) is 0. The summed E-state index contributed by atoms with van der Waals surface area (Å²) in [6, 6.07) is 5.62. The van der Waals surface area contributed by atoms with Crippen LogP contribution in [0.25, 0.3) is 10.4 Å². The number of hydrogen-bond acceptors (Lipinski definition) is 6. The molecule has 1 aromatic rings. The lowest BCUT2D eigenvalue weighted by atomic mass is 9.82. The second-order valence-corrected chi connectivity index (χ2v) is 9.46. The van der Waals surface area contributed by atoms with Crippen molar-refractivity contribution in [3.05, 3.63) is 34.2 Å². The molecular weight excluding hydrogens is 422 g/mol.